The average Bonchev–Trinajstić information content (AvgIpc) is 2.66. The van der Waals surface area contributed by atoms with E-state index in [-0.39, 0.29) is 17.9 Å². The second kappa shape index (κ2) is 7.38. The molecule has 0 bridgehead atoms. The van der Waals surface area contributed by atoms with Gasteiger partial charge in [-0.15, -0.1) is 0 Å². The van der Waals surface area contributed by atoms with E-state index in [0.717, 1.165) is 30.8 Å². The molecule has 1 heterocycles. The van der Waals surface area contributed by atoms with Crippen molar-refractivity contribution < 1.29 is 9.59 Å². The number of benzene rings is 2. The third-order valence-corrected chi connectivity index (χ3v) is 4.48. The van der Waals surface area contributed by atoms with Crippen molar-refractivity contribution >= 4 is 23.2 Å². The van der Waals surface area contributed by atoms with Crippen LogP contribution in [0.5, 0.6) is 0 Å². The molecule has 1 aliphatic heterocycles. The summed E-state index contributed by atoms with van der Waals surface area (Å²) in [4.78, 5) is 26.5. The molecule has 2 aromatic rings. The molecule has 0 aromatic heterocycles. The van der Waals surface area contributed by atoms with Gasteiger partial charge in [0.15, 0.2) is 0 Å². The summed E-state index contributed by atoms with van der Waals surface area (Å²) in [6.45, 7) is 2.59. The molecule has 130 valence electrons. The van der Waals surface area contributed by atoms with Gasteiger partial charge in [-0.2, -0.15) is 0 Å². The van der Waals surface area contributed by atoms with Crippen molar-refractivity contribution in [1.82, 2.24) is 5.32 Å². The summed E-state index contributed by atoms with van der Waals surface area (Å²) in [5.74, 6) is -0.106. The maximum absolute atomic E-state index is 12.9. The molecule has 25 heavy (non-hydrogen) atoms. The van der Waals surface area contributed by atoms with E-state index in [9.17, 15) is 9.59 Å². The van der Waals surface area contributed by atoms with E-state index < -0.39 is 0 Å². The highest BCUT2D eigenvalue weighted by Gasteiger charge is 2.26. The van der Waals surface area contributed by atoms with Crippen molar-refractivity contribution in [1.29, 1.82) is 0 Å². The van der Waals surface area contributed by atoms with Crippen LogP contribution in [0.15, 0.2) is 48.5 Å². The molecule has 0 fully saturated rings. The first-order valence-corrected chi connectivity index (χ1v) is 8.58. The highest BCUT2D eigenvalue weighted by molar-refractivity contribution is 6.00. The number of anilines is 2. The monoisotopic (exact) mass is 337 g/mol. The number of hydrogen-bond donors (Lipinski definition) is 2. The zero-order valence-corrected chi connectivity index (χ0v) is 14.6. The molecule has 0 spiro atoms. The van der Waals surface area contributed by atoms with Crippen LogP contribution in [-0.4, -0.2) is 31.4 Å². The molecular formula is C20H23N3O2. The molecule has 2 aromatic carbocycles. The summed E-state index contributed by atoms with van der Waals surface area (Å²) in [5.41, 5.74) is 3.55. The highest BCUT2D eigenvalue weighted by atomic mass is 16.2. The third-order valence-electron chi connectivity index (χ3n) is 4.48. The standard InChI is InChI=1S/C20H23N3O2/c1-14(22-17-10-5-8-16(13-17)19(24)21-2)20(25)23-12-6-9-15-7-3-4-11-18(15)23/h3-5,7-8,10-11,13-14,22H,6,9,12H2,1-2H3,(H,21,24). The van der Waals surface area contributed by atoms with Gasteiger partial charge >= 0.3 is 0 Å². The Morgan fingerprint density at radius 3 is 2.72 bits per heavy atom. The first-order valence-electron chi connectivity index (χ1n) is 8.58. The Kier molecular flexibility index (Phi) is 5.03. The van der Waals surface area contributed by atoms with Gasteiger partial charge in [0.1, 0.15) is 6.04 Å². The third kappa shape index (κ3) is 3.65. The topological polar surface area (TPSA) is 61.4 Å². The predicted molar refractivity (Wildman–Crippen MR) is 100 cm³/mol. The number of rotatable bonds is 4. The number of amides is 2. The minimum atomic E-state index is -0.383. The zero-order valence-electron chi connectivity index (χ0n) is 14.6. The Hall–Kier alpha value is -2.82. The van der Waals surface area contributed by atoms with Gasteiger partial charge in [0.05, 0.1) is 0 Å². The number of nitrogens with zero attached hydrogens (tertiary/aromatic N) is 1. The molecule has 0 radical (unpaired) electrons. The Morgan fingerprint density at radius 1 is 1.12 bits per heavy atom. The largest absolute Gasteiger partial charge is 0.374 e. The second-order valence-electron chi connectivity index (χ2n) is 6.25. The Balaban J connectivity index is 1.75. The van der Waals surface area contributed by atoms with Gasteiger partial charge < -0.3 is 15.5 Å². The number of carbonyl (C=O) groups is 2. The maximum atomic E-state index is 12.9. The maximum Gasteiger partial charge on any atom is 0.251 e. The van der Waals surface area contributed by atoms with Gasteiger partial charge in [0.2, 0.25) is 5.91 Å². The quantitative estimate of drug-likeness (QED) is 0.902. The van der Waals surface area contributed by atoms with E-state index in [1.54, 1.807) is 25.2 Å². The minimum Gasteiger partial charge on any atom is -0.374 e. The van der Waals surface area contributed by atoms with Crippen LogP contribution in [0, 0.1) is 0 Å². The summed E-state index contributed by atoms with van der Waals surface area (Å²) in [5, 5.41) is 5.82. The normalized spacial score (nSPS) is 14.4. The average molecular weight is 337 g/mol. The second-order valence-corrected chi connectivity index (χ2v) is 6.25. The van der Waals surface area contributed by atoms with Gasteiger partial charge in [0, 0.05) is 30.5 Å². The molecule has 2 N–H and O–H groups in total. The molecule has 5 heteroatoms. The summed E-state index contributed by atoms with van der Waals surface area (Å²) < 4.78 is 0. The van der Waals surface area contributed by atoms with E-state index in [0.29, 0.717) is 5.56 Å². The number of carbonyl (C=O) groups excluding carboxylic acids is 2. The fraction of sp³-hybridized carbons (Fsp3) is 0.300. The predicted octanol–water partition coefficient (Wildman–Crippen LogP) is 2.83. The molecule has 1 aliphatic rings. The van der Waals surface area contributed by atoms with Gasteiger partial charge in [-0.05, 0) is 49.6 Å². The highest BCUT2D eigenvalue weighted by Crippen LogP contribution is 2.27. The van der Waals surface area contributed by atoms with Crippen LogP contribution in [0.3, 0.4) is 0 Å². The van der Waals surface area contributed by atoms with Crippen molar-refractivity contribution in [3.63, 3.8) is 0 Å². The molecule has 2 amide bonds. The molecule has 0 saturated carbocycles. The summed E-state index contributed by atoms with van der Waals surface area (Å²) in [6, 6.07) is 14.9. The Bertz CT molecular complexity index is 788. The van der Waals surface area contributed by atoms with Gasteiger partial charge in [-0.1, -0.05) is 24.3 Å². The lowest BCUT2D eigenvalue weighted by molar-refractivity contribution is -0.119. The summed E-state index contributed by atoms with van der Waals surface area (Å²) in [7, 11) is 1.60. The number of hydrogen-bond acceptors (Lipinski definition) is 3. The van der Waals surface area contributed by atoms with Crippen molar-refractivity contribution in [3.05, 3.63) is 59.7 Å². The van der Waals surface area contributed by atoms with E-state index in [1.165, 1.54) is 5.56 Å². The van der Waals surface area contributed by atoms with Crippen molar-refractivity contribution in [2.45, 2.75) is 25.8 Å². The van der Waals surface area contributed by atoms with Crippen LogP contribution in [0.4, 0.5) is 11.4 Å². The summed E-state index contributed by atoms with van der Waals surface area (Å²) >= 11 is 0. The van der Waals surface area contributed by atoms with Crippen molar-refractivity contribution in [2.75, 3.05) is 23.8 Å². The van der Waals surface area contributed by atoms with Crippen LogP contribution < -0.4 is 15.5 Å². The first-order chi connectivity index (χ1) is 12.1. The van der Waals surface area contributed by atoms with Crippen LogP contribution in [0.1, 0.15) is 29.3 Å². The van der Waals surface area contributed by atoms with Crippen molar-refractivity contribution in [2.24, 2.45) is 0 Å². The van der Waals surface area contributed by atoms with E-state index in [2.05, 4.69) is 16.7 Å². The zero-order chi connectivity index (χ0) is 17.8. The van der Waals surface area contributed by atoms with Gasteiger partial charge in [0.25, 0.3) is 5.91 Å². The number of aryl methyl sites for hydroxylation is 1. The van der Waals surface area contributed by atoms with E-state index >= 15 is 0 Å². The Labute approximate surface area is 148 Å². The van der Waals surface area contributed by atoms with Crippen LogP contribution in [0.25, 0.3) is 0 Å². The minimum absolute atomic E-state index is 0.0393. The number of nitrogens with one attached hydrogen (secondary N) is 2. The first kappa shape index (κ1) is 17.0. The molecule has 3 rings (SSSR count). The number of fused-ring (bicyclic) bond motifs is 1. The molecule has 1 unspecified atom stereocenters. The van der Waals surface area contributed by atoms with Gasteiger partial charge in [-0.3, -0.25) is 9.59 Å². The van der Waals surface area contributed by atoms with E-state index in [1.807, 2.05) is 36.1 Å². The molecule has 0 saturated heterocycles. The fourth-order valence-electron chi connectivity index (χ4n) is 3.20. The lowest BCUT2D eigenvalue weighted by Crippen LogP contribution is -2.44. The molecule has 0 aliphatic carbocycles. The van der Waals surface area contributed by atoms with Crippen molar-refractivity contribution in [3.8, 4) is 0 Å². The van der Waals surface area contributed by atoms with Crippen LogP contribution in [-0.2, 0) is 11.2 Å². The molecule has 5 nitrogen and oxygen atoms in total. The Morgan fingerprint density at radius 2 is 1.92 bits per heavy atom. The SMILES string of the molecule is CNC(=O)c1cccc(NC(C)C(=O)N2CCCc3ccccc32)c1. The smallest absolute Gasteiger partial charge is 0.251 e. The summed E-state index contributed by atoms with van der Waals surface area (Å²) in [6.07, 6.45) is 1.98. The fourth-order valence-corrected chi connectivity index (χ4v) is 3.20. The van der Waals surface area contributed by atoms with Crippen LogP contribution in [0.2, 0.25) is 0 Å². The number of para-hydroxylation sites is 1. The van der Waals surface area contributed by atoms with Crippen LogP contribution >= 0.6 is 0 Å². The molecular weight excluding hydrogens is 314 g/mol. The van der Waals surface area contributed by atoms with Gasteiger partial charge in [-0.25, -0.2) is 0 Å². The lowest BCUT2D eigenvalue weighted by Gasteiger charge is -2.32. The van der Waals surface area contributed by atoms with E-state index in [4.69, 9.17) is 0 Å². The molecule has 1 atom stereocenters. The lowest BCUT2D eigenvalue weighted by atomic mass is 10.0.